The van der Waals surface area contributed by atoms with Crippen molar-refractivity contribution in [2.24, 2.45) is 0 Å². The lowest BCUT2D eigenvalue weighted by atomic mass is 9.98. The van der Waals surface area contributed by atoms with Gasteiger partial charge in [0.25, 0.3) is 11.8 Å². The van der Waals surface area contributed by atoms with Gasteiger partial charge in [0.2, 0.25) is 5.01 Å². The van der Waals surface area contributed by atoms with Crippen LogP contribution in [0.3, 0.4) is 0 Å². The summed E-state index contributed by atoms with van der Waals surface area (Å²) in [6.45, 7) is 1.16. The molecule has 1 aromatic heterocycles. The molecule has 33 heavy (non-hydrogen) atoms. The fourth-order valence-corrected chi connectivity index (χ4v) is 4.68. The summed E-state index contributed by atoms with van der Waals surface area (Å²) in [7, 11) is 3.10. The maximum absolute atomic E-state index is 13.2. The number of nitrogens with one attached hydrogen (secondary N) is 1. The highest BCUT2D eigenvalue weighted by Crippen LogP contribution is 2.31. The minimum Gasteiger partial charge on any atom is -0.497 e. The van der Waals surface area contributed by atoms with E-state index in [1.54, 1.807) is 61.6 Å². The van der Waals surface area contributed by atoms with Gasteiger partial charge in [-0.3, -0.25) is 9.59 Å². The Bertz CT molecular complexity index is 1130. The van der Waals surface area contributed by atoms with Crippen LogP contribution in [0.4, 0.5) is 5.69 Å². The number of carbonyl (C=O) groups is 2. The number of anilines is 1. The molecule has 1 aliphatic rings. The quantitative estimate of drug-likeness (QED) is 0.552. The van der Waals surface area contributed by atoms with E-state index < -0.39 is 0 Å². The Morgan fingerprint density at radius 3 is 2.45 bits per heavy atom. The number of methoxy groups -OCH3 is 2. The van der Waals surface area contributed by atoms with Crippen LogP contribution in [-0.2, 0) is 0 Å². The molecule has 0 bridgehead atoms. The molecule has 0 aliphatic carbocycles. The highest BCUT2D eigenvalue weighted by atomic mass is 35.5. The van der Waals surface area contributed by atoms with E-state index in [1.165, 1.54) is 11.3 Å². The summed E-state index contributed by atoms with van der Waals surface area (Å²) < 4.78 is 10.6. The Morgan fingerprint density at radius 1 is 1.09 bits per heavy atom. The van der Waals surface area contributed by atoms with Gasteiger partial charge in [-0.15, -0.1) is 10.2 Å². The number of likely N-dealkylation sites (tertiary alicyclic amines) is 1. The number of hydrogen-bond donors (Lipinski definition) is 1. The zero-order valence-corrected chi connectivity index (χ0v) is 19.8. The zero-order chi connectivity index (χ0) is 23.4. The molecule has 3 aromatic rings. The Kier molecular flexibility index (Phi) is 7.10. The number of rotatable bonds is 6. The molecule has 2 amide bonds. The van der Waals surface area contributed by atoms with Gasteiger partial charge in [-0.2, -0.15) is 0 Å². The van der Waals surface area contributed by atoms with Crippen molar-refractivity contribution in [2.45, 2.75) is 18.8 Å². The minimum absolute atomic E-state index is 0.0183. The Balaban J connectivity index is 1.44. The molecule has 0 unspecified atom stereocenters. The van der Waals surface area contributed by atoms with E-state index in [0.717, 1.165) is 17.8 Å². The molecule has 4 rings (SSSR count). The van der Waals surface area contributed by atoms with Gasteiger partial charge in [-0.1, -0.05) is 22.9 Å². The van der Waals surface area contributed by atoms with Crippen molar-refractivity contribution in [1.29, 1.82) is 0 Å². The molecule has 8 nitrogen and oxygen atoms in total. The van der Waals surface area contributed by atoms with Gasteiger partial charge in [0, 0.05) is 41.3 Å². The summed E-state index contributed by atoms with van der Waals surface area (Å²) >= 11 is 7.14. The van der Waals surface area contributed by atoms with E-state index in [1.807, 2.05) is 0 Å². The lowest BCUT2D eigenvalue weighted by Crippen LogP contribution is -2.39. The average molecular weight is 487 g/mol. The van der Waals surface area contributed by atoms with Crippen LogP contribution in [0, 0.1) is 0 Å². The summed E-state index contributed by atoms with van der Waals surface area (Å²) in [6.07, 6.45) is 1.71. The molecule has 1 aliphatic heterocycles. The molecular weight excluding hydrogens is 464 g/mol. The van der Waals surface area contributed by atoms with Crippen molar-refractivity contribution in [3.05, 3.63) is 63.1 Å². The number of amides is 2. The molecular formula is C23H23ClN4O4S. The van der Waals surface area contributed by atoms with Gasteiger partial charge in [-0.25, -0.2) is 0 Å². The second-order valence-corrected chi connectivity index (χ2v) is 9.04. The number of benzene rings is 2. The number of piperidine rings is 1. The topological polar surface area (TPSA) is 93.7 Å². The van der Waals surface area contributed by atoms with Crippen LogP contribution in [-0.4, -0.2) is 54.2 Å². The van der Waals surface area contributed by atoms with Gasteiger partial charge in [-0.05, 0) is 49.2 Å². The lowest BCUT2D eigenvalue weighted by Gasteiger charge is -2.31. The number of halogens is 1. The summed E-state index contributed by atoms with van der Waals surface area (Å²) in [5, 5.41) is 12.7. The molecule has 10 heteroatoms. The predicted octanol–water partition coefficient (Wildman–Crippen LogP) is 4.48. The van der Waals surface area contributed by atoms with Gasteiger partial charge in [0.05, 0.1) is 14.2 Å². The highest BCUT2D eigenvalue weighted by Gasteiger charge is 2.29. The van der Waals surface area contributed by atoms with Crippen molar-refractivity contribution < 1.29 is 19.1 Å². The summed E-state index contributed by atoms with van der Waals surface area (Å²) in [4.78, 5) is 27.5. The standard InChI is InChI=1S/C23H23ClN4O4S/c1-31-18-10-15(11-19(12-18)32-2)23(30)28-9-3-4-14(13-28)21-26-27-22(33-21)20(29)25-17-7-5-16(24)6-8-17/h5-8,10-12,14H,3-4,9,13H2,1-2H3,(H,25,29)/t14-/m1/s1. The van der Waals surface area contributed by atoms with E-state index in [9.17, 15) is 9.59 Å². The van der Waals surface area contributed by atoms with Crippen LogP contribution in [0.5, 0.6) is 11.5 Å². The van der Waals surface area contributed by atoms with Gasteiger partial charge in [0.1, 0.15) is 16.5 Å². The first-order chi connectivity index (χ1) is 16.0. The molecule has 1 fully saturated rings. The molecule has 2 heterocycles. The van der Waals surface area contributed by atoms with E-state index in [0.29, 0.717) is 40.9 Å². The van der Waals surface area contributed by atoms with Crippen LogP contribution < -0.4 is 14.8 Å². The van der Waals surface area contributed by atoms with Crippen molar-refractivity contribution >= 4 is 40.4 Å². The predicted molar refractivity (Wildman–Crippen MR) is 127 cm³/mol. The van der Waals surface area contributed by atoms with Crippen LogP contribution in [0.25, 0.3) is 0 Å². The summed E-state index contributed by atoms with van der Waals surface area (Å²) in [5.74, 6) is 0.721. The first-order valence-electron chi connectivity index (χ1n) is 10.4. The van der Waals surface area contributed by atoms with Gasteiger partial charge < -0.3 is 19.7 Å². The number of nitrogens with zero attached hydrogens (tertiary/aromatic N) is 3. The Morgan fingerprint density at radius 2 is 1.79 bits per heavy atom. The van der Waals surface area contributed by atoms with Crippen LogP contribution in [0.1, 0.15) is 43.9 Å². The van der Waals surface area contributed by atoms with Crippen LogP contribution in [0.2, 0.25) is 5.02 Å². The number of hydrogen-bond acceptors (Lipinski definition) is 7. The third-order valence-corrected chi connectivity index (χ3v) is 6.73. The van der Waals surface area contributed by atoms with Crippen molar-refractivity contribution in [3.8, 4) is 11.5 Å². The molecule has 2 aromatic carbocycles. The molecule has 0 saturated carbocycles. The van der Waals surface area contributed by atoms with Crippen LogP contribution in [0.15, 0.2) is 42.5 Å². The molecule has 172 valence electrons. The number of ether oxygens (including phenoxy) is 2. The number of carbonyl (C=O) groups excluding carboxylic acids is 2. The van der Waals surface area contributed by atoms with E-state index >= 15 is 0 Å². The largest absolute Gasteiger partial charge is 0.497 e. The maximum Gasteiger partial charge on any atom is 0.286 e. The second kappa shape index (κ2) is 10.2. The lowest BCUT2D eigenvalue weighted by molar-refractivity contribution is 0.0706. The fourth-order valence-electron chi connectivity index (χ4n) is 3.69. The smallest absolute Gasteiger partial charge is 0.286 e. The van der Waals surface area contributed by atoms with Crippen molar-refractivity contribution in [2.75, 3.05) is 32.6 Å². The molecule has 0 radical (unpaired) electrons. The first-order valence-corrected chi connectivity index (χ1v) is 11.6. The number of aromatic nitrogens is 2. The molecule has 1 N–H and O–H groups in total. The van der Waals surface area contributed by atoms with E-state index in [4.69, 9.17) is 21.1 Å². The zero-order valence-electron chi connectivity index (χ0n) is 18.2. The van der Waals surface area contributed by atoms with Crippen molar-refractivity contribution in [3.63, 3.8) is 0 Å². The van der Waals surface area contributed by atoms with E-state index in [-0.39, 0.29) is 22.7 Å². The normalized spacial score (nSPS) is 15.7. The Labute approximate surface area is 200 Å². The van der Waals surface area contributed by atoms with Gasteiger partial charge >= 0.3 is 0 Å². The molecule has 0 spiro atoms. The highest BCUT2D eigenvalue weighted by molar-refractivity contribution is 7.13. The monoisotopic (exact) mass is 486 g/mol. The summed E-state index contributed by atoms with van der Waals surface area (Å²) in [5.41, 5.74) is 1.14. The third kappa shape index (κ3) is 5.43. The SMILES string of the molecule is COc1cc(OC)cc(C(=O)N2CCC[C@@H](c3nnc(C(=O)Nc4ccc(Cl)cc4)s3)C2)c1. The first kappa shape index (κ1) is 23.0. The minimum atomic E-state index is -0.326. The second-order valence-electron chi connectivity index (χ2n) is 7.60. The molecule has 1 atom stereocenters. The maximum atomic E-state index is 13.2. The fraction of sp³-hybridized carbons (Fsp3) is 0.304. The van der Waals surface area contributed by atoms with E-state index in [2.05, 4.69) is 15.5 Å². The van der Waals surface area contributed by atoms with Crippen molar-refractivity contribution in [1.82, 2.24) is 15.1 Å². The summed E-state index contributed by atoms with van der Waals surface area (Å²) in [6, 6.07) is 12.0. The third-order valence-electron chi connectivity index (χ3n) is 5.39. The van der Waals surface area contributed by atoms with Crippen LogP contribution >= 0.6 is 22.9 Å². The molecule has 1 saturated heterocycles. The average Bonchev–Trinajstić information content (AvgIpc) is 3.35. The van der Waals surface area contributed by atoms with Gasteiger partial charge in [0.15, 0.2) is 0 Å². The Hall–Kier alpha value is -3.17.